The smallest absolute Gasteiger partial charge is 0.270 e. The summed E-state index contributed by atoms with van der Waals surface area (Å²) in [6.07, 6.45) is 4.13. The van der Waals surface area contributed by atoms with E-state index < -0.39 is 16.9 Å². The number of benzene rings is 1. The summed E-state index contributed by atoms with van der Waals surface area (Å²) < 4.78 is 0. The molecular weight excluding hydrogens is 416 g/mol. The van der Waals surface area contributed by atoms with Crippen LogP contribution in [-0.2, 0) is 17.6 Å². The van der Waals surface area contributed by atoms with Crippen LogP contribution < -0.4 is 10.6 Å². The van der Waals surface area contributed by atoms with E-state index in [0.717, 1.165) is 37.4 Å². The van der Waals surface area contributed by atoms with Gasteiger partial charge in [-0.15, -0.1) is 11.3 Å². The number of halogens is 1. The van der Waals surface area contributed by atoms with E-state index in [1.54, 1.807) is 0 Å². The molecule has 3 rings (SSSR count). The van der Waals surface area contributed by atoms with Crippen LogP contribution in [0.1, 0.15) is 47.6 Å². The summed E-state index contributed by atoms with van der Waals surface area (Å²) >= 11 is 7.50. The molecule has 0 saturated heterocycles. The highest BCUT2D eigenvalue weighted by molar-refractivity contribution is 7.15. The minimum absolute atomic E-state index is 0.0489. The molecule has 2 aromatic rings. The Hall–Kier alpha value is -2.52. The second kappa shape index (κ2) is 8.87. The van der Waals surface area contributed by atoms with E-state index in [1.165, 1.54) is 28.3 Å². The van der Waals surface area contributed by atoms with Crippen LogP contribution in [0.25, 0.3) is 0 Å². The highest BCUT2D eigenvalue weighted by Crippen LogP contribution is 2.30. The van der Waals surface area contributed by atoms with Crippen LogP contribution in [0.5, 0.6) is 0 Å². The second-order valence-electron chi connectivity index (χ2n) is 7.20. The van der Waals surface area contributed by atoms with E-state index in [9.17, 15) is 19.7 Å². The largest absolute Gasteiger partial charge is 0.340 e. The van der Waals surface area contributed by atoms with E-state index in [1.807, 2.05) is 13.8 Å². The van der Waals surface area contributed by atoms with Crippen LogP contribution in [0.15, 0.2) is 18.2 Å². The first kappa shape index (κ1) is 21.2. The minimum atomic E-state index is -0.810. The average molecular weight is 437 g/mol. The zero-order valence-corrected chi connectivity index (χ0v) is 17.6. The average Bonchev–Trinajstić information content (AvgIpc) is 3.07. The lowest BCUT2D eigenvalue weighted by molar-refractivity contribution is -0.384. The Bertz CT molecular complexity index is 936. The van der Waals surface area contributed by atoms with Crippen LogP contribution in [0.2, 0.25) is 5.02 Å². The second-order valence-corrected chi connectivity index (χ2v) is 8.69. The van der Waals surface area contributed by atoms with Gasteiger partial charge < -0.3 is 10.6 Å². The van der Waals surface area contributed by atoms with Gasteiger partial charge >= 0.3 is 0 Å². The van der Waals surface area contributed by atoms with E-state index in [0.29, 0.717) is 5.13 Å². The third kappa shape index (κ3) is 4.91. The standard InChI is InChI=1S/C19H21ClN4O4S/c1-10(2)16(18(26)23-19-21-14-5-3-4-6-15(14)29-19)22-17(25)12-8-7-11(24(27)28)9-13(12)20/h7-10,16H,3-6H2,1-2H3,(H,22,25)(H,21,23,26). The molecule has 0 saturated carbocycles. The summed E-state index contributed by atoms with van der Waals surface area (Å²) in [5, 5.41) is 16.8. The number of nitro groups is 1. The molecule has 2 N–H and O–H groups in total. The Labute approximate surface area is 176 Å². The molecule has 0 spiro atoms. The van der Waals surface area contributed by atoms with Gasteiger partial charge in [0, 0.05) is 17.0 Å². The van der Waals surface area contributed by atoms with Crippen LogP contribution in [0.4, 0.5) is 10.8 Å². The number of anilines is 1. The predicted molar refractivity (Wildman–Crippen MR) is 112 cm³/mol. The van der Waals surface area contributed by atoms with Crippen molar-refractivity contribution in [2.24, 2.45) is 5.92 Å². The first-order valence-corrected chi connectivity index (χ1v) is 10.5. The van der Waals surface area contributed by atoms with E-state index in [2.05, 4.69) is 15.6 Å². The normalized spacial score (nSPS) is 14.2. The van der Waals surface area contributed by atoms with Crippen LogP contribution >= 0.6 is 22.9 Å². The molecule has 10 heteroatoms. The van der Waals surface area contributed by atoms with Crippen molar-refractivity contribution < 1.29 is 14.5 Å². The Morgan fingerprint density at radius 3 is 2.62 bits per heavy atom. The van der Waals surface area contributed by atoms with Crippen molar-refractivity contribution in [2.75, 3.05) is 5.32 Å². The lowest BCUT2D eigenvalue weighted by Gasteiger charge is -2.21. The molecule has 29 heavy (non-hydrogen) atoms. The number of aromatic nitrogens is 1. The van der Waals surface area contributed by atoms with Crippen LogP contribution in [0, 0.1) is 16.0 Å². The van der Waals surface area contributed by atoms with Gasteiger partial charge in [0.1, 0.15) is 6.04 Å². The van der Waals surface area contributed by atoms with Gasteiger partial charge in [0.25, 0.3) is 11.6 Å². The SMILES string of the molecule is CC(C)C(NC(=O)c1ccc([N+](=O)[O-])cc1Cl)C(=O)Nc1nc2c(s1)CCCC2. The molecule has 0 radical (unpaired) electrons. The summed E-state index contributed by atoms with van der Waals surface area (Å²) in [6, 6.07) is 2.78. The molecule has 1 unspecified atom stereocenters. The van der Waals surface area contributed by atoms with Crippen molar-refractivity contribution in [3.05, 3.63) is 49.5 Å². The van der Waals surface area contributed by atoms with Gasteiger partial charge in [-0.05, 0) is 37.7 Å². The molecule has 1 aliphatic carbocycles. The molecule has 1 aliphatic rings. The predicted octanol–water partition coefficient (Wildman–Crippen LogP) is 3.98. The number of hydrogen-bond acceptors (Lipinski definition) is 6. The number of rotatable bonds is 6. The molecule has 154 valence electrons. The topological polar surface area (TPSA) is 114 Å². The van der Waals surface area contributed by atoms with Crippen LogP contribution in [-0.4, -0.2) is 27.8 Å². The van der Waals surface area contributed by atoms with Crippen LogP contribution in [0.3, 0.4) is 0 Å². The highest BCUT2D eigenvalue weighted by atomic mass is 35.5. The van der Waals surface area contributed by atoms with E-state index in [4.69, 9.17) is 11.6 Å². The maximum atomic E-state index is 12.8. The number of hydrogen-bond donors (Lipinski definition) is 2. The first-order valence-electron chi connectivity index (χ1n) is 9.30. The van der Waals surface area contributed by atoms with Gasteiger partial charge in [-0.2, -0.15) is 0 Å². The molecule has 8 nitrogen and oxygen atoms in total. The maximum absolute atomic E-state index is 12.8. The third-order valence-corrected chi connectivity index (χ3v) is 6.11. The zero-order chi connectivity index (χ0) is 21.1. The molecule has 1 heterocycles. The number of carbonyl (C=O) groups excluding carboxylic acids is 2. The van der Waals surface area contributed by atoms with Gasteiger partial charge in [-0.25, -0.2) is 4.98 Å². The molecule has 0 fully saturated rings. The Morgan fingerprint density at radius 2 is 2.00 bits per heavy atom. The Kier molecular flexibility index (Phi) is 6.49. The summed E-state index contributed by atoms with van der Waals surface area (Å²) in [5.74, 6) is -1.12. The summed E-state index contributed by atoms with van der Waals surface area (Å²) in [5.41, 5.74) is 0.900. The molecule has 1 aromatic carbocycles. The number of fused-ring (bicyclic) bond motifs is 1. The van der Waals surface area contributed by atoms with Gasteiger partial charge in [0.2, 0.25) is 5.91 Å². The maximum Gasteiger partial charge on any atom is 0.270 e. The molecule has 0 bridgehead atoms. The van der Waals surface area contributed by atoms with Gasteiger partial charge in [-0.1, -0.05) is 25.4 Å². The first-order chi connectivity index (χ1) is 13.8. The molecular formula is C19H21ClN4O4S. The number of nitro benzene ring substituents is 1. The van der Waals surface area contributed by atoms with Gasteiger partial charge in [-0.3, -0.25) is 19.7 Å². The summed E-state index contributed by atoms with van der Waals surface area (Å²) in [6.45, 7) is 3.63. The number of nitrogens with zero attached hydrogens (tertiary/aromatic N) is 2. The zero-order valence-electron chi connectivity index (χ0n) is 16.0. The number of aryl methyl sites for hydroxylation is 2. The van der Waals surface area contributed by atoms with Crippen molar-refractivity contribution in [3.63, 3.8) is 0 Å². The fourth-order valence-electron chi connectivity index (χ4n) is 3.14. The molecule has 1 aromatic heterocycles. The molecule has 2 amide bonds. The number of amides is 2. The van der Waals surface area contributed by atoms with Crippen molar-refractivity contribution in [2.45, 2.75) is 45.6 Å². The Balaban J connectivity index is 1.72. The number of nitrogens with one attached hydrogen (secondary N) is 2. The highest BCUT2D eigenvalue weighted by Gasteiger charge is 2.27. The summed E-state index contributed by atoms with van der Waals surface area (Å²) in [4.78, 5) is 41.3. The number of thiazole rings is 1. The lowest BCUT2D eigenvalue weighted by atomic mass is 10.0. The fourth-order valence-corrected chi connectivity index (χ4v) is 4.46. The Morgan fingerprint density at radius 1 is 1.28 bits per heavy atom. The van der Waals surface area contributed by atoms with E-state index in [-0.39, 0.29) is 28.1 Å². The van der Waals surface area contributed by atoms with Gasteiger partial charge in [0.05, 0.1) is 21.2 Å². The lowest BCUT2D eigenvalue weighted by Crippen LogP contribution is -2.47. The number of carbonyl (C=O) groups is 2. The van der Waals surface area contributed by atoms with Crippen molar-refractivity contribution in [1.29, 1.82) is 0 Å². The van der Waals surface area contributed by atoms with E-state index >= 15 is 0 Å². The molecule has 0 aliphatic heterocycles. The monoisotopic (exact) mass is 436 g/mol. The van der Waals surface area contributed by atoms with Crippen molar-refractivity contribution in [1.82, 2.24) is 10.3 Å². The molecule has 1 atom stereocenters. The number of non-ortho nitro benzene ring substituents is 1. The van der Waals surface area contributed by atoms with Crippen molar-refractivity contribution in [3.8, 4) is 0 Å². The van der Waals surface area contributed by atoms with Gasteiger partial charge in [0.15, 0.2) is 5.13 Å². The summed E-state index contributed by atoms with van der Waals surface area (Å²) in [7, 11) is 0. The fraction of sp³-hybridized carbons (Fsp3) is 0.421. The quantitative estimate of drug-likeness (QED) is 0.525. The minimum Gasteiger partial charge on any atom is -0.340 e. The third-order valence-electron chi connectivity index (χ3n) is 4.72. The van der Waals surface area contributed by atoms with Crippen molar-refractivity contribution >= 4 is 45.6 Å².